The molecule has 0 saturated carbocycles. The Labute approximate surface area is 792 Å². The second-order valence-electron chi connectivity index (χ2n) is 37.0. The topological polar surface area (TPSA) is 61.4 Å². The van der Waals surface area contributed by atoms with Gasteiger partial charge < -0.3 is 9.13 Å². The van der Waals surface area contributed by atoms with Crippen LogP contribution < -0.4 is 0 Å². The third-order valence-electron chi connectivity index (χ3n) is 28.8. The molecule has 0 amide bonds. The average Bonchev–Trinajstić information content (AvgIpc) is 1.79. The summed E-state index contributed by atoms with van der Waals surface area (Å²) in [6.07, 6.45) is 0. The molecule has 26 aromatic rings. The van der Waals surface area contributed by atoms with Gasteiger partial charge in [-0.2, -0.15) is 0 Å². The highest BCUT2D eigenvalue weighted by atomic mass is 15.0. The minimum absolute atomic E-state index is 0.180. The van der Waals surface area contributed by atoms with Gasteiger partial charge in [0.25, 0.3) is 0 Å². The first kappa shape index (κ1) is 79.0. The molecular weight excluding hydrogens is 1660 g/mol. The Kier molecular flexibility index (Phi) is 18.3. The second-order valence-corrected chi connectivity index (χ2v) is 37.0. The maximum atomic E-state index is 5.77. The molecule has 0 aliphatic heterocycles. The van der Waals surface area contributed by atoms with Crippen molar-refractivity contribution < 1.29 is 0 Å². The van der Waals surface area contributed by atoms with E-state index in [1.165, 1.54) is 82.0 Å². The van der Waals surface area contributed by atoms with E-state index in [0.29, 0.717) is 11.6 Å². The second kappa shape index (κ2) is 31.7. The molecule has 0 atom stereocenters. The van der Waals surface area contributed by atoms with Crippen LogP contribution in [-0.2, 0) is 5.41 Å². The van der Waals surface area contributed by atoms with E-state index in [0.717, 1.165) is 183 Å². The van der Waals surface area contributed by atoms with Crippen molar-refractivity contribution in [2.24, 2.45) is 0 Å². The molecule has 6 nitrogen and oxygen atoms in total. The van der Waals surface area contributed by atoms with Crippen molar-refractivity contribution in [1.29, 1.82) is 0 Å². The molecule has 22 aromatic carbocycles. The number of fused-ring (bicyclic) bond motifs is 15. The van der Waals surface area contributed by atoms with E-state index >= 15 is 0 Å². The molecule has 4 heterocycles. The van der Waals surface area contributed by atoms with Gasteiger partial charge in [0, 0.05) is 70.8 Å². The molecule has 27 rings (SSSR count). The fraction of sp³-hybridized carbons (Fsp3) is 0.0229. The van der Waals surface area contributed by atoms with Gasteiger partial charge in [0.1, 0.15) is 0 Å². The number of aromatic nitrogens is 6. The molecule has 0 fully saturated rings. The summed E-state index contributed by atoms with van der Waals surface area (Å²) in [5, 5.41) is 15.8. The van der Waals surface area contributed by atoms with Crippen molar-refractivity contribution in [2.75, 3.05) is 0 Å². The van der Waals surface area contributed by atoms with Crippen LogP contribution in [0, 0.1) is 0 Å². The Morgan fingerprint density at radius 1 is 0.175 bits per heavy atom. The van der Waals surface area contributed by atoms with Gasteiger partial charge in [-0.3, -0.25) is 0 Å². The zero-order valence-corrected chi connectivity index (χ0v) is 75.2. The van der Waals surface area contributed by atoms with Gasteiger partial charge in [-0.25, -0.2) is 19.9 Å². The molecule has 4 aromatic heterocycles. The monoisotopic (exact) mass is 1740 g/mol. The van der Waals surface area contributed by atoms with Crippen LogP contribution in [0.3, 0.4) is 0 Å². The fourth-order valence-electron chi connectivity index (χ4n) is 22.3. The van der Waals surface area contributed by atoms with Gasteiger partial charge in [-0.1, -0.05) is 384 Å². The molecule has 0 bridgehead atoms. The lowest BCUT2D eigenvalue weighted by Crippen LogP contribution is -2.16. The Balaban J connectivity index is 0.555. The Hall–Kier alpha value is -17.8. The summed E-state index contributed by atoms with van der Waals surface area (Å²) in [6.45, 7) is 4.77. The average molecular weight is 1740 g/mol. The largest absolute Gasteiger partial charge is 0.309 e. The van der Waals surface area contributed by atoms with Crippen LogP contribution in [0.2, 0.25) is 0 Å². The van der Waals surface area contributed by atoms with Crippen LogP contribution in [0.4, 0.5) is 0 Å². The smallest absolute Gasteiger partial charge is 0.161 e. The van der Waals surface area contributed by atoms with Crippen molar-refractivity contribution in [3.63, 3.8) is 0 Å². The van der Waals surface area contributed by atoms with Gasteiger partial charge in [0.2, 0.25) is 0 Å². The highest BCUT2D eigenvalue weighted by Gasteiger charge is 2.38. The summed E-state index contributed by atoms with van der Waals surface area (Å²) in [5.41, 5.74) is 37.3. The van der Waals surface area contributed by atoms with Gasteiger partial charge in [0.15, 0.2) is 11.6 Å². The van der Waals surface area contributed by atoms with E-state index in [1.54, 1.807) is 0 Å². The zero-order valence-electron chi connectivity index (χ0n) is 75.2. The van der Waals surface area contributed by atoms with E-state index < -0.39 is 0 Å². The Morgan fingerprint density at radius 3 is 1.15 bits per heavy atom. The van der Waals surface area contributed by atoms with E-state index in [-0.39, 0.29) is 5.41 Å². The van der Waals surface area contributed by atoms with Crippen LogP contribution in [0.1, 0.15) is 25.0 Å². The Bertz CT molecular complexity index is 9450. The van der Waals surface area contributed by atoms with E-state index in [4.69, 9.17) is 19.9 Å². The first-order chi connectivity index (χ1) is 67.6. The summed E-state index contributed by atoms with van der Waals surface area (Å²) in [5.74, 6) is 1.31. The molecule has 6 heteroatoms. The maximum Gasteiger partial charge on any atom is 0.161 e. The van der Waals surface area contributed by atoms with Crippen molar-refractivity contribution in [1.82, 2.24) is 29.1 Å². The van der Waals surface area contributed by atoms with E-state index in [2.05, 4.69) is 496 Å². The SMILES string of the molecule is CC1(C)c2ccccc2-c2cccc(-c3ccc4c(c3)c3cc5ccccc5cc3n4-c3cc(-c4nc(-c5ccccc5)c5cc(-c6cccc(-c7ccc(-c8ccc9c(c8)c8cc%10ccccc%10cc8n9-c8ccc(-c9nc(-c%10ccc(-c%11ccccc%11)cc%10)c%10cc(-c%11ccccc%11)c(-c%11ccccc%11)cc%10n9)c9ccccc89)cc7)c6)c(-c6ccccc6)cc5n4)cc4ccccc34)c21. The first-order valence-electron chi connectivity index (χ1n) is 47.2. The maximum absolute atomic E-state index is 5.77. The van der Waals surface area contributed by atoms with Crippen LogP contribution in [0.25, 0.3) is 265 Å². The van der Waals surface area contributed by atoms with E-state index in [9.17, 15) is 0 Å². The minimum atomic E-state index is -0.180. The number of rotatable bonds is 14. The Morgan fingerprint density at radius 2 is 0.555 bits per heavy atom. The standard InChI is InChI=1S/C131H84N6/c1-131(2)117-53-27-26-49-103(117)105-52-29-51-101(126(105)131)98-63-66-122-112(73-98)114-71-92-41-19-21-43-94(92)75-125(114)137(122)123-76-99(69-96-44-22-23-47-100(96)123)129-132-118-80-110(87-36-14-6-15-37-87)108(78-116(118)127(134-129)88-38-16-7-17-39-88)97-46-28-45-90(68-97)83-54-56-84(57-55-83)95-62-65-121-111(72-95)113-70-91-40-18-20-42-93(91)74-124(113)136(121)120-67-64-106(102-48-24-25-50-104(102)120)130-133-119-79-109(86-34-12-5-13-35-86)107(85-32-10-4-11-33-85)77-115(119)128(135-130)89-60-58-82(59-61-89)81-30-8-3-9-31-81/h3-80H,1-2H3. The predicted molar refractivity (Wildman–Crippen MR) is 574 cm³/mol. The lowest BCUT2D eigenvalue weighted by Gasteiger charge is -2.24. The molecule has 0 radical (unpaired) electrons. The van der Waals surface area contributed by atoms with Gasteiger partial charge in [0.05, 0.1) is 55.9 Å². The van der Waals surface area contributed by atoms with Crippen molar-refractivity contribution in [3.8, 4) is 157 Å². The molecule has 638 valence electrons. The highest BCUT2D eigenvalue weighted by Crippen LogP contribution is 2.54. The van der Waals surface area contributed by atoms with Crippen molar-refractivity contribution >= 4 is 109 Å². The molecule has 0 unspecified atom stereocenters. The van der Waals surface area contributed by atoms with Gasteiger partial charge in [-0.05, 0) is 247 Å². The molecular formula is C131H84N6. The molecule has 1 aliphatic carbocycles. The molecule has 1 aliphatic rings. The third-order valence-corrected chi connectivity index (χ3v) is 28.8. The minimum Gasteiger partial charge on any atom is -0.309 e. The van der Waals surface area contributed by atoms with Gasteiger partial charge >= 0.3 is 0 Å². The van der Waals surface area contributed by atoms with E-state index in [1.807, 2.05) is 0 Å². The third kappa shape index (κ3) is 13.2. The van der Waals surface area contributed by atoms with Crippen LogP contribution in [-0.4, -0.2) is 29.1 Å². The van der Waals surface area contributed by atoms with Crippen LogP contribution in [0.15, 0.2) is 473 Å². The molecule has 0 saturated heterocycles. The molecule has 0 N–H and O–H groups in total. The normalized spacial score (nSPS) is 12.4. The van der Waals surface area contributed by atoms with Gasteiger partial charge in [-0.15, -0.1) is 0 Å². The lowest BCUT2D eigenvalue weighted by atomic mass is 9.79. The predicted octanol–water partition coefficient (Wildman–Crippen LogP) is 34.7. The number of hydrogen-bond acceptors (Lipinski definition) is 4. The number of benzene rings is 22. The number of hydrogen-bond donors (Lipinski definition) is 0. The summed E-state index contributed by atoms with van der Waals surface area (Å²) < 4.78 is 4.98. The summed E-state index contributed by atoms with van der Waals surface area (Å²) in [7, 11) is 0. The lowest BCUT2D eigenvalue weighted by molar-refractivity contribution is 0.662. The summed E-state index contributed by atoms with van der Waals surface area (Å²) >= 11 is 0. The van der Waals surface area contributed by atoms with Crippen LogP contribution in [0.5, 0.6) is 0 Å². The van der Waals surface area contributed by atoms with Crippen molar-refractivity contribution in [3.05, 3.63) is 484 Å². The summed E-state index contributed by atoms with van der Waals surface area (Å²) in [4.78, 5) is 22.8. The summed E-state index contributed by atoms with van der Waals surface area (Å²) in [6, 6.07) is 174. The highest BCUT2D eigenvalue weighted by molar-refractivity contribution is 6.19. The fourth-order valence-corrected chi connectivity index (χ4v) is 22.3. The molecule has 0 spiro atoms. The first-order valence-corrected chi connectivity index (χ1v) is 47.2. The van der Waals surface area contributed by atoms with Crippen LogP contribution >= 0.6 is 0 Å². The molecule has 137 heavy (non-hydrogen) atoms. The van der Waals surface area contributed by atoms with Crippen molar-refractivity contribution in [2.45, 2.75) is 19.3 Å². The number of nitrogens with zero attached hydrogens (tertiary/aromatic N) is 6. The quantitative estimate of drug-likeness (QED) is 0.109. The zero-order chi connectivity index (χ0) is 90.5.